The number of pyridine rings is 1. The van der Waals surface area contributed by atoms with E-state index in [0.717, 1.165) is 12.8 Å². The fourth-order valence-electron chi connectivity index (χ4n) is 2.98. The number of ether oxygens (including phenoxy) is 1. The third-order valence-corrected chi connectivity index (χ3v) is 7.65. The van der Waals surface area contributed by atoms with Crippen molar-refractivity contribution < 1.29 is 17.9 Å². The summed E-state index contributed by atoms with van der Waals surface area (Å²) in [6.07, 6.45) is 3.14. The van der Waals surface area contributed by atoms with Gasteiger partial charge in [0.05, 0.1) is 23.9 Å². The number of aromatic nitrogens is 1. The standard InChI is InChI=1S/C19H22BrN3O4S/c1-13-7-9-23(10-8-13)28(25,26)17-11-14(3-5-16(17)20)19(24)22-15-4-6-18(27-2)21-12-15/h3-6,11-13H,7-10H2,1-2H3,(H,22,24). The minimum atomic E-state index is -3.68. The predicted octanol–water partition coefficient (Wildman–Crippen LogP) is 3.53. The molecule has 2 heterocycles. The van der Waals surface area contributed by atoms with Crippen LogP contribution in [0.3, 0.4) is 0 Å². The van der Waals surface area contributed by atoms with Crippen molar-refractivity contribution in [1.29, 1.82) is 0 Å². The van der Waals surface area contributed by atoms with Crippen LogP contribution in [0.25, 0.3) is 0 Å². The second kappa shape index (κ2) is 8.59. The molecule has 0 aliphatic carbocycles. The second-order valence-electron chi connectivity index (χ2n) is 6.78. The van der Waals surface area contributed by atoms with E-state index in [-0.39, 0.29) is 10.5 Å². The fraction of sp³-hybridized carbons (Fsp3) is 0.368. The minimum absolute atomic E-state index is 0.0996. The number of piperidine rings is 1. The highest BCUT2D eigenvalue weighted by atomic mass is 79.9. The SMILES string of the molecule is COc1ccc(NC(=O)c2ccc(Br)c(S(=O)(=O)N3CCC(C)CC3)c2)cn1. The van der Waals surface area contributed by atoms with E-state index >= 15 is 0 Å². The average Bonchev–Trinajstić information content (AvgIpc) is 2.69. The molecule has 7 nitrogen and oxygen atoms in total. The summed E-state index contributed by atoms with van der Waals surface area (Å²) >= 11 is 3.32. The largest absolute Gasteiger partial charge is 0.481 e. The summed E-state index contributed by atoms with van der Waals surface area (Å²) in [6.45, 7) is 3.10. The molecule has 0 spiro atoms. The first kappa shape index (κ1) is 20.8. The average molecular weight is 468 g/mol. The maximum atomic E-state index is 13.1. The van der Waals surface area contributed by atoms with E-state index in [9.17, 15) is 13.2 Å². The molecule has 1 fully saturated rings. The van der Waals surface area contributed by atoms with Crippen molar-refractivity contribution in [3.05, 3.63) is 46.6 Å². The van der Waals surface area contributed by atoms with Gasteiger partial charge in [0, 0.05) is 29.2 Å². The molecule has 1 aromatic carbocycles. The van der Waals surface area contributed by atoms with Crippen LogP contribution < -0.4 is 10.1 Å². The molecule has 0 radical (unpaired) electrons. The third-order valence-electron chi connectivity index (χ3n) is 4.76. The number of benzene rings is 1. The molecule has 0 bridgehead atoms. The Kier molecular flexibility index (Phi) is 6.36. The molecule has 0 saturated carbocycles. The van der Waals surface area contributed by atoms with Gasteiger partial charge < -0.3 is 10.1 Å². The Bertz CT molecular complexity index is 956. The molecule has 1 aromatic heterocycles. The van der Waals surface area contributed by atoms with Gasteiger partial charge in [0.1, 0.15) is 0 Å². The lowest BCUT2D eigenvalue weighted by Crippen LogP contribution is -2.38. The minimum Gasteiger partial charge on any atom is -0.481 e. The van der Waals surface area contributed by atoms with E-state index < -0.39 is 15.9 Å². The van der Waals surface area contributed by atoms with Crippen LogP contribution in [0.5, 0.6) is 5.88 Å². The molecule has 0 atom stereocenters. The Balaban J connectivity index is 1.83. The highest BCUT2D eigenvalue weighted by Crippen LogP contribution is 2.29. The number of methoxy groups -OCH3 is 1. The number of sulfonamides is 1. The number of nitrogens with one attached hydrogen (secondary N) is 1. The summed E-state index contributed by atoms with van der Waals surface area (Å²) in [5.41, 5.74) is 0.742. The lowest BCUT2D eigenvalue weighted by Gasteiger charge is -2.29. The molecule has 3 rings (SSSR count). The van der Waals surface area contributed by atoms with Crippen LogP contribution in [0.1, 0.15) is 30.1 Å². The van der Waals surface area contributed by atoms with Gasteiger partial charge in [-0.15, -0.1) is 0 Å². The zero-order valence-corrected chi connectivity index (χ0v) is 18.1. The van der Waals surface area contributed by atoms with E-state index in [1.807, 2.05) is 0 Å². The highest BCUT2D eigenvalue weighted by molar-refractivity contribution is 9.10. The number of anilines is 1. The van der Waals surface area contributed by atoms with Crippen molar-refractivity contribution in [2.75, 3.05) is 25.5 Å². The summed E-state index contributed by atoms with van der Waals surface area (Å²) in [4.78, 5) is 16.7. The number of carbonyl (C=O) groups is 1. The van der Waals surface area contributed by atoms with Crippen molar-refractivity contribution in [3.63, 3.8) is 0 Å². The first-order chi connectivity index (χ1) is 13.3. The van der Waals surface area contributed by atoms with E-state index in [4.69, 9.17) is 4.74 Å². The quantitative estimate of drug-likeness (QED) is 0.726. The molecule has 1 N–H and O–H groups in total. The van der Waals surface area contributed by atoms with Gasteiger partial charge in [0.2, 0.25) is 15.9 Å². The molecule has 9 heteroatoms. The number of hydrogen-bond acceptors (Lipinski definition) is 5. The van der Waals surface area contributed by atoms with Gasteiger partial charge in [-0.25, -0.2) is 13.4 Å². The molecule has 1 aliphatic rings. The number of hydrogen-bond donors (Lipinski definition) is 1. The van der Waals surface area contributed by atoms with Gasteiger partial charge in [-0.1, -0.05) is 6.92 Å². The summed E-state index contributed by atoms with van der Waals surface area (Å²) in [6, 6.07) is 7.86. The topological polar surface area (TPSA) is 88.6 Å². The normalized spacial score (nSPS) is 16.0. The number of rotatable bonds is 5. The van der Waals surface area contributed by atoms with Gasteiger partial charge in [-0.05, 0) is 59.0 Å². The van der Waals surface area contributed by atoms with Crippen molar-refractivity contribution in [2.24, 2.45) is 5.92 Å². The summed E-state index contributed by atoms with van der Waals surface area (Å²) in [7, 11) is -2.17. The molecule has 2 aromatic rings. The van der Waals surface area contributed by atoms with Crippen molar-refractivity contribution in [1.82, 2.24) is 9.29 Å². The summed E-state index contributed by atoms with van der Waals surface area (Å²) in [5.74, 6) is 0.541. The molecule has 1 amide bonds. The Morgan fingerprint density at radius 2 is 1.96 bits per heavy atom. The summed E-state index contributed by atoms with van der Waals surface area (Å²) in [5, 5.41) is 2.71. The number of halogens is 1. The second-order valence-corrected chi connectivity index (χ2v) is 9.54. The van der Waals surface area contributed by atoms with E-state index in [2.05, 4.69) is 33.2 Å². The predicted molar refractivity (Wildman–Crippen MR) is 110 cm³/mol. The van der Waals surface area contributed by atoms with Crippen LogP contribution in [0.4, 0.5) is 5.69 Å². The molecular formula is C19H22BrN3O4S. The molecule has 150 valence electrons. The zero-order chi connectivity index (χ0) is 20.3. The van der Waals surface area contributed by atoms with Gasteiger partial charge in [0.15, 0.2) is 0 Å². The maximum Gasteiger partial charge on any atom is 0.255 e. The molecule has 1 saturated heterocycles. The van der Waals surface area contributed by atoms with Gasteiger partial charge in [-0.3, -0.25) is 4.79 Å². The Morgan fingerprint density at radius 3 is 2.57 bits per heavy atom. The van der Waals surface area contributed by atoms with Crippen LogP contribution in [0.2, 0.25) is 0 Å². The van der Waals surface area contributed by atoms with Gasteiger partial charge in [-0.2, -0.15) is 4.31 Å². The zero-order valence-electron chi connectivity index (χ0n) is 15.7. The lowest BCUT2D eigenvalue weighted by atomic mass is 10.0. The first-order valence-corrected chi connectivity index (χ1v) is 11.2. The number of amides is 1. The maximum absolute atomic E-state index is 13.1. The van der Waals surface area contributed by atoms with E-state index in [1.54, 1.807) is 24.3 Å². The first-order valence-electron chi connectivity index (χ1n) is 8.92. The molecular weight excluding hydrogens is 446 g/mol. The van der Waals surface area contributed by atoms with Crippen molar-refractivity contribution in [2.45, 2.75) is 24.7 Å². The van der Waals surface area contributed by atoms with E-state index in [1.165, 1.54) is 23.7 Å². The van der Waals surface area contributed by atoms with Gasteiger partial charge in [0.25, 0.3) is 5.91 Å². The van der Waals surface area contributed by atoms with Crippen LogP contribution >= 0.6 is 15.9 Å². The van der Waals surface area contributed by atoms with Crippen LogP contribution in [-0.4, -0.2) is 43.8 Å². The Hall–Kier alpha value is -1.97. The molecule has 28 heavy (non-hydrogen) atoms. The fourth-order valence-corrected chi connectivity index (χ4v) is 5.41. The van der Waals surface area contributed by atoms with Crippen molar-refractivity contribution >= 4 is 37.5 Å². The van der Waals surface area contributed by atoms with Gasteiger partial charge >= 0.3 is 0 Å². The monoisotopic (exact) mass is 467 g/mol. The summed E-state index contributed by atoms with van der Waals surface area (Å²) < 4.78 is 33.0. The Morgan fingerprint density at radius 1 is 1.25 bits per heavy atom. The van der Waals surface area contributed by atoms with Crippen LogP contribution in [0, 0.1) is 5.92 Å². The lowest BCUT2D eigenvalue weighted by molar-refractivity contribution is 0.102. The highest BCUT2D eigenvalue weighted by Gasteiger charge is 2.30. The third kappa shape index (κ3) is 4.53. The molecule has 0 unspecified atom stereocenters. The molecule has 1 aliphatic heterocycles. The van der Waals surface area contributed by atoms with Crippen LogP contribution in [0.15, 0.2) is 45.9 Å². The van der Waals surface area contributed by atoms with Crippen LogP contribution in [-0.2, 0) is 10.0 Å². The smallest absolute Gasteiger partial charge is 0.255 e. The Labute approximate surface area is 173 Å². The number of nitrogens with zero attached hydrogens (tertiary/aromatic N) is 2. The number of carbonyl (C=O) groups excluding carboxylic acids is 1. The van der Waals surface area contributed by atoms with E-state index in [0.29, 0.717) is 35.0 Å². The van der Waals surface area contributed by atoms with Crippen molar-refractivity contribution in [3.8, 4) is 5.88 Å².